The molecule has 0 fully saturated rings. The summed E-state index contributed by atoms with van der Waals surface area (Å²) >= 11 is 0. The highest BCUT2D eigenvalue weighted by molar-refractivity contribution is 5.86. The summed E-state index contributed by atoms with van der Waals surface area (Å²) < 4.78 is 0. The van der Waals surface area contributed by atoms with E-state index >= 15 is 0 Å². The molecule has 0 aromatic rings. The zero-order valence-electron chi connectivity index (χ0n) is 17.5. The van der Waals surface area contributed by atoms with Crippen LogP contribution in [0.25, 0.3) is 0 Å². The molecule has 158 valence electrons. The molecule has 0 spiro atoms. The summed E-state index contributed by atoms with van der Waals surface area (Å²) in [5, 5.41) is 20.5. The van der Waals surface area contributed by atoms with E-state index in [1.807, 2.05) is 0 Å². The molecule has 0 aromatic carbocycles. The average molecular weight is 384 g/mol. The average Bonchev–Trinajstić information content (AvgIpc) is 2.64. The Balaban J connectivity index is 3.48. The number of hydrogen-bond acceptors (Lipinski definition) is 3. The molecule has 27 heavy (non-hydrogen) atoms. The summed E-state index contributed by atoms with van der Waals surface area (Å²) in [6.45, 7) is 2.95. The van der Waals surface area contributed by atoms with Crippen LogP contribution in [0.15, 0.2) is 12.2 Å². The first-order valence-electron chi connectivity index (χ1n) is 10.8. The Hall–Kier alpha value is -1.36. The first kappa shape index (κ1) is 25.6. The maximum Gasteiger partial charge on any atom is 0.331 e. The van der Waals surface area contributed by atoms with Crippen molar-refractivity contribution in [1.82, 2.24) is 5.32 Å². The summed E-state index contributed by atoms with van der Waals surface area (Å²) in [5.41, 5.74) is -1.58. The monoisotopic (exact) mass is 383 g/mol. The molecule has 0 aromatic heterocycles. The minimum absolute atomic E-state index is 0.307. The van der Waals surface area contributed by atoms with Gasteiger partial charge >= 0.3 is 5.97 Å². The molecule has 5 heteroatoms. The van der Waals surface area contributed by atoms with Crippen molar-refractivity contribution < 1.29 is 19.8 Å². The number of aliphatic carboxylic acids is 1. The van der Waals surface area contributed by atoms with Gasteiger partial charge in [0.1, 0.15) is 0 Å². The van der Waals surface area contributed by atoms with Gasteiger partial charge in [0.05, 0.1) is 6.61 Å². The Bertz CT molecular complexity index is 423. The Morgan fingerprint density at radius 3 is 1.81 bits per heavy atom. The van der Waals surface area contributed by atoms with Crippen molar-refractivity contribution in [2.24, 2.45) is 0 Å². The molecule has 0 radical (unpaired) electrons. The van der Waals surface area contributed by atoms with Gasteiger partial charge in [0, 0.05) is 6.42 Å². The number of carboxylic acid groups (broad SMARTS) is 1. The summed E-state index contributed by atoms with van der Waals surface area (Å²) in [5.74, 6) is -1.53. The van der Waals surface area contributed by atoms with E-state index in [0.717, 1.165) is 32.1 Å². The first-order valence-corrected chi connectivity index (χ1v) is 10.8. The third kappa shape index (κ3) is 14.4. The SMILES string of the molecule is CCCCCCCC/C=C\CCCCCCCC(=O)NC(C)(CO)C(=O)O. The second kappa shape index (κ2) is 16.8. The molecule has 0 aliphatic heterocycles. The summed E-state index contributed by atoms with van der Waals surface area (Å²) in [6, 6.07) is 0. The number of carboxylic acids is 1. The van der Waals surface area contributed by atoms with Crippen LogP contribution in [0.2, 0.25) is 0 Å². The van der Waals surface area contributed by atoms with Crippen LogP contribution in [0.1, 0.15) is 104 Å². The standard InChI is InChI=1S/C22H41NO4/c1-3-4-5-6-7-8-9-10-11-12-13-14-15-16-17-18-20(25)23-22(2,19-24)21(26)27/h10-11,24H,3-9,12-19H2,1-2H3,(H,23,25)(H,26,27)/b11-10-. The van der Waals surface area contributed by atoms with E-state index in [-0.39, 0.29) is 5.91 Å². The lowest BCUT2D eigenvalue weighted by Crippen LogP contribution is -2.54. The predicted molar refractivity (Wildman–Crippen MR) is 111 cm³/mol. The van der Waals surface area contributed by atoms with Gasteiger partial charge in [0.2, 0.25) is 5.91 Å². The third-order valence-corrected chi connectivity index (χ3v) is 4.87. The summed E-state index contributed by atoms with van der Waals surface area (Å²) in [6.07, 6.45) is 20.5. The van der Waals surface area contributed by atoms with E-state index in [0.29, 0.717) is 6.42 Å². The van der Waals surface area contributed by atoms with Gasteiger partial charge in [-0.2, -0.15) is 0 Å². The number of carbonyl (C=O) groups excluding carboxylic acids is 1. The van der Waals surface area contributed by atoms with Gasteiger partial charge in [-0.3, -0.25) is 4.79 Å². The van der Waals surface area contributed by atoms with Gasteiger partial charge in [-0.15, -0.1) is 0 Å². The molecule has 0 saturated carbocycles. The number of nitrogens with one attached hydrogen (secondary N) is 1. The highest BCUT2D eigenvalue weighted by Gasteiger charge is 2.33. The summed E-state index contributed by atoms with van der Waals surface area (Å²) in [4.78, 5) is 22.8. The maximum absolute atomic E-state index is 11.8. The van der Waals surface area contributed by atoms with Crippen LogP contribution in [0.5, 0.6) is 0 Å². The van der Waals surface area contributed by atoms with Crippen LogP contribution >= 0.6 is 0 Å². The van der Waals surface area contributed by atoms with Crippen LogP contribution in [-0.2, 0) is 9.59 Å². The quantitative estimate of drug-likeness (QED) is 0.230. The highest BCUT2D eigenvalue weighted by atomic mass is 16.4. The first-order chi connectivity index (χ1) is 13.0. The van der Waals surface area contributed by atoms with E-state index in [1.54, 1.807) is 0 Å². The Kier molecular flexibility index (Phi) is 15.9. The highest BCUT2D eigenvalue weighted by Crippen LogP contribution is 2.10. The van der Waals surface area contributed by atoms with E-state index < -0.39 is 18.1 Å². The van der Waals surface area contributed by atoms with E-state index in [9.17, 15) is 9.59 Å². The zero-order chi connectivity index (χ0) is 20.4. The predicted octanol–water partition coefficient (Wildman–Crippen LogP) is 4.98. The van der Waals surface area contributed by atoms with Crippen molar-refractivity contribution >= 4 is 11.9 Å². The van der Waals surface area contributed by atoms with Crippen LogP contribution < -0.4 is 5.32 Å². The Labute approximate surface area is 165 Å². The van der Waals surface area contributed by atoms with E-state index in [2.05, 4.69) is 24.4 Å². The molecule has 0 rings (SSSR count). The fourth-order valence-corrected chi connectivity index (χ4v) is 2.89. The largest absolute Gasteiger partial charge is 0.479 e. The molecular formula is C22H41NO4. The van der Waals surface area contributed by atoms with Gasteiger partial charge in [0.25, 0.3) is 0 Å². The molecule has 1 amide bonds. The second-order valence-corrected chi connectivity index (χ2v) is 7.68. The van der Waals surface area contributed by atoms with Crippen molar-refractivity contribution in [3.8, 4) is 0 Å². The fraction of sp³-hybridized carbons (Fsp3) is 0.818. The van der Waals surface area contributed by atoms with Crippen molar-refractivity contribution in [1.29, 1.82) is 0 Å². The van der Waals surface area contributed by atoms with Crippen LogP contribution in [0, 0.1) is 0 Å². The molecular weight excluding hydrogens is 342 g/mol. The van der Waals surface area contributed by atoms with Gasteiger partial charge in [0.15, 0.2) is 5.54 Å². The van der Waals surface area contributed by atoms with Crippen molar-refractivity contribution in [2.45, 2.75) is 109 Å². The second-order valence-electron chi connectivity index (χ2n) is 7.68. The molecule has 1 unspecified atom stereocenters. The number of carbonyl (C=O) groups is 2. The molecule has 0 aliphatic rings. The van der Waals surface area contributed by atoms with Crippen molar-refractivity contribution in [2.75, 3.05) is 6.61 Å². The molecule has 5 nitrogen and oxygen atoms in total. The smallest absolute Gasteiger partial charge is 0.331 e. The van der Waals surface area contributed by atoms with Crippen molar-refractivity contribution in [3.05, 3.63) is 12.2 Å². The van der Waals surface area contributed by atoms with Crippen LogP contribution in [0.4, 0.5) is 0 Å². The number of hydrogen-bond donors (Lipinski definition) is 3. The lowest BCUT2D eigenvalue weighted by Gasteiger charge is -2.23. The van der Waals surface area contributed by atoms with Crippen LogP contribution in [0.3, 0.4) is 0 Å². The number of aliphatic hydroxyl groups excluding tert-OH is 1. The van der Waals surface area contributed by atoms with Gasteiger partial charge in [-0.1, -0.05) is 70.4 Å². The molecule has 0 heterocycles. The number of aliphatic hydroxyl groups is 1. The number of allylic oxidation sites excluding steroid dienone is 2. The molecule has 1 atom stereocenters. The van der Waals surface area contributed by atoms with E-state index in [4.69, 9.17) is 10.2 Å². The number of amides is 1. The lowest BCUT2D eigenvalue weighted by molar-refractivity contribution is -0.148. The number of unbranched alkanes of at least 4 members (excludes halogenated alkanes) is 11. The van der Waals surface area contributed by atoms with Gasteiger partial charge in [-0.25, -0.2) is 4.79 Å². The van der Waals surface area contributed by atoms with E-state index in [1.165, 1.54) is 58.3 Å². The zero-order valence-corrected chi connectivity index (χ0v) is 17.5. The Morgan fingerprint density at radius 2 is 1.33 bits per heavy atom. The number of rotatable bonds is 18. The topological polar surface area (TPSA) is 86.6 Å². The van der Waals surface area contributed by atoms with Crippen molar-refractivity contribution in [3.63, 3.8) is 0 Å². The molecule has 0 bridgehead atoms. The maximum atomic E-state index is 11.8. The third-order valence-electron chi connectivity index (χ3n) is 4.87. The molecule has 3 N–H and O–H groups in total. The minimum Gasteiger partial charge on any atom is -0.479 e. The lowest BCUT2D eigenvalue weighted by atomic mass is 10.0. The summed E-state index contributed by atoms with van der Waals surface area (Å²) in [7, 11) is 0. The normalized spacial score (nSPS) is 13.6. The molecule has 0 aliphatic carbocycles. The van der Waals surface area contributed by atoms with Gasteiger partial charge in [-0.05, 0) is 39.0 Å². The minimum atomic E-state index is -1.58. The van der Waals surface area contributed by atoms with Gasteiger partial charge < -0.3 is 15.5 Å². The Morgan fingerprint density at radius 1 is 0.852 bits per heavy atom. The molecule has 0 saturated heterocycles. The van der Waals surface area contributed by atoms with Crippen LogP contribution in [-0.4, -0.2) is 34.2 Å². The fourth-order valence-electron chi connectivity index (χ4n) is 2.89.